The molecule has 0 radical (unpaired) electrons. The van der Waals surface area contributed by atoms with Crippen molar-refractivity contribution in [2.75, 3.05) is 0 Å². The molecule has 6 heteroatoms. The molecule has 0 aliphatic rings. The molecule has 0 aliphatic heterocycles. The van der Waals surface area contributed by atoms with Gasteiger partial charge in [-0.1, -0.05) is 0 Å². The number of rotatable bonds is 1. The van der Waals surface area contributed by atoms with E-state index in [9.17, 15) is 18.0 Å². The summed E-state index contributed by atoms with van der Waals surface area (Å²) < 4.78 is 37.4. The molecule has 0 saturated heterocycles. The molecular weight excluding hydrogens is 199 g/mol. The highest BCUT2D eigenvalue weighted by Gasteiger charge is 2.40. The summed E-state index contributed by atoms with van der Waals surface area (Å²) in [4.78, 5) is 11.0. The fourth-order valence-electron chi connectivity index (χ4n) is 0.989. The zero-order valence-corrected chi connectivity index (χ0v) is 7.25. The molecule has 3 nitrogen and oxygen atoms in total. The van der Waals surface area contributed by atoms with Gasteiger partial charge in [-0.15, -0.1) is 0 Å². The molecule has 0 aromatic carbocycles. The molecule has 1 heterocycles. The Balaban J connectivity index is 3.19. The van der Waals surface area contributed by atoms with Crippen LogP contribution >= 0.6 is 0 Å². The Morgan fingerprint density at radius 3 is 2.57 bits per heavy atom. The van der Waals surface area contributed by atoms with Gasteiger partial charge in [-0.2, -0.15) is 13.2 Å². The summed E-state index contributed by atoms with van der Waals surface area (Å²) in [6, 6.07) is 0.976. The minimum atomic E-state index is -4.81. The third kappa shape index (κ3) is 2.14. The zero-order valence-electron chi connectivity index (χ0n) is 7.25. The first-order valence-electron chi connectivity index (χ1n) is 3.73. The number of aliphatic hydroxyl groups is 1. The summed E-state index contributed by atoms with van der Waals surface area (Å²) in [5, 5.41) is 8.82. The van der Waals surface area contributed by atoms with Crippen LogP contribution in [0, 0.1) is 0 Å². The molecule has 1 unspecified atom stereocenters. The SMILES string of the molecule is Cn1ccc(=O)c(C(O)C(F)(F)F)c1. The third-order valence-corrected chi connectivity index (χ3v) is 1.69. The number of nitrogens with zero attached hydrogens (tertiary/aromatic N) is 1. The highest BCUT2D eigenvalue weighted by atomic mass is 19.4. The Morgan fingerprint density at radius 1 is 1.50 bits per heavy atom. The van der Waals surface area contributed by atoms with E-state index in [1.807, 2.05) is 0 Å². The summed E-state index contributed by atoms with van der Waals surface area (Å²) in [5.74, 6) is 0. The van der Waals surface area contributed by atoms with Crippen LogP contribution in [0.3, 0.4) is 0 Å². The average Bonchev–Trinajstić information content (AvgIpc) is 2.06. The van der Waals surface area contributed by atoms with E-state index in [2.05, 4.69) is 0 Å². The molecule has 0 fully saturated rings. The summed E-state index contributed by atoms with van der Waals surface area (Å²) >= 11 is 0. The Kier molecular flexibility index (Phi) is 2.66. The predicted octanol–water partition coefficient (Wildman–Crippen LogP) is 0.981. The van der Waals surface area contributed by atoms with Crippen LogP contribution in [0.2, 0.25) is 0 Å². The topological polar surface area (TPSA) is 42.2 Å². The number of alkyl halides is 3. The number of aromatic nitrogens is 1. The van der Waals surface area contributed by atoms with Gasteiger partial charge in [0.05, 0.1) is 5.56 Å². The van der Waals surface area contributed by atoms with E-state index in [4.69, 9.17) is 5.11 Å². The van der Waals surface area contributed by atoms with Crippen LogP contribution in [0.15, 0.2) is 23.3 Å². The molecule has 1 aromatic heterocycles. The highest BCUT2D eigenvalue weighted by Crippen LogP contribution is 2.30. The van der Waals surface area contributed by atoms with Crippen molar-refractivity contribution in [2.45, 2.75) is 12.3 Å². The van der Waals surface area contributed by atoms with Gasteiger partial charge in [-0.05, 0) is 0 Å². The fourth-order valence-corrected chi connectivity index (χ4v) is 0.989. The van der Waals surface area contributed by atoms with E-state index in [1.165, 1.54) is 17.8 Å². The molecule has 0 bridgehead atoms. The van der Waals surface area contributed by atoms with Crippen LogP contribution in [-0.4, -0.2) is 15.8 Å². The number of hydrogen-bond donors (Lipinski definition) is 1. The maximum absolute atomic E-state index is 12.0. The molecule has 0 amide bonds. The Bertz CT molecular complexity index is 383. The van der Waals surface area contributed by atoms with Crippen LogP contribution in [0.5, 0.6) is 0 Å². The third-order valence-electron chi connectivity index (χ3n) is 1.69. The van der Waals surface area contributed by atoms with Crippen LogP contribution in [0.4, 0.5) is 13.2 Å². The van der Waals surface area contributed by atoms with Gasteiger partial charge in [-0.3, -0.25) is 4.79 Å². The summed E-state index contributed by atoms with van der Waals surface area (Å²) in [5.41, 5.74) is -1.49. The highest BCUT2D eigenvalue weighted by molar-refractivity contribution is 5.14. The minimum Gasteiger partial charge on any atom is -0.379 e. The lowest BCUT2D eigenvalue weighted by Gasteiger charge is -2.14. The molecule has 1 rings (SSSR count). The van der Waals surface area contributed by atoms with E-state index in [0.29, 0.717) is 0 Å². The quantitative estimate of drug-likeness (QED) is 0.745. The number of hydrogen-bond acceptors (Lipinski definition) is 2. The first kappa shape index (κ1) is 10.8. The molecule has 0 spiro atoms. The minimum absolute atomic E-state index is 0.664. The summed E-state index contributed by atoms with van der Waals surface area (Å²) in [6.07, 6.45) is -5.26. The van der Waals surface area contributed by atoms with Crippen molar-refractivity contribution in [3.63, 3.8) is 0 Å². The molecule has 0 saturated carbocycles. The maximum atomic E-state index is 12.0. The van der Waals surface area contributed by atoms with Gasteiger partial charge in [0, 0.05) is 25.5 Å². The maximum Gasteiger partial charge on any atom is 0.418 e. The molecule has 14 heavy (non-hydrogen) atoms. The second kappa shape index (κ2) is 3.45. The van der Waals surface area contributed by atoms with Crippen molar-refractivity contribution in [3.8, 4) is 0 Å². The van der Waals surface area contributed by atoms with Crippen molar-refractivity contribution >= 4 is 0 Å². The largest absolute Gasteiger partial charge is 0.418 e. The van der Waals surface area contributed by atoms with Gasteiger partial charge < -0.3 is 9.67 Å². The number of aryl methyl sites for hydroxylation is 1. The molecule has 1 aromatic rings. The molecule has 0 aliphatic carbocycles. The van der Waals surface area contributed by atoms with Crippen LogP contribution in [-0.2, 0) is 7.05 Å². The molecule has 1 atom stereocenters. The second-order valence-corrected chi connectivity index (χ2v) is 2.87. The van der Waals surface area contributed by atoms with Gasteiger partial charge >= 0.3 is 6.18 Å². The number of pyridine rings is 1. The van der Waals surface area contributed by atoms with E-state index >= 15 is 0 Å². The summed E-state index contributed by atoms with van der Waals surface area (Å²) in [7, 11) is 1.46. The fraction of sp³-hybridized carbons (Fsp3) is 0.375. The van der Waals surface area contributed by atoms with Gasteiger partial charge in [0.15, 0.2) is 11.5 Å². The predicted molar refractivity (Wildman–Crippen MR) is 42.7 cm³/mol. The van der Waals surface area contributed by atoms with Crippen LogP contribution < -0.4 is 5.43 Å². The van der Waals surface area contributed by atoms with Gasteiger partial charge in [0.25, 0.3) is 0 Å². The van der Waals surface area contributed by atoms with Crippen molar-refractivity contribution in [1.29, 1.82) is 0 Å². The lowest BCUT2D eigenvalue weighted by atomic mass is 10.1. The van der Waals surface area contributed by atoms with Crippen molar-refractivity contribution in [1.82, 2.24) is 4.57 Å². The van der Waals surface area contributed by atoms with E-state index < -0.39 is 23.3 Å². The Labute approximate surface area is 77.4 Å². The van der Waals surface area contributed by atoms with Crippen molar-refractivity contribution < 1.29 is 18.3 Å². The summed E-state index contributed by atoms with van der Waals surface area (Å²) in [6.45, 7) is 0. The van der Waals surface area contributed by atoms with Crippen LogP contribution in [0.1, 0.15) is 11.7 Å². The Morgan fingerprint density at radius 2 is 2.07 bits per heavy atom. The molecular formula is C8H8F3NO2. The van der Waals surface area contributed by atoms with Crippen molar-refractivity contribution in [3.05, 3.63) is 34.2 Å². The first-order valence-corrected chi connectivity index (χ1v) is 3.73. The van der Waals surface area contributed by atoms with E-state index in [0.717, 1.165) is 12.3 Å². The number of halogens is 3. The van der Waals surface area contributed by atoms with Gasteiger partial charge in [0.2, 0.25) is 0 Å². The monoisotopic (exact) mass is 207 g/mol. The normalized spacial score (nSPS) is 14.1. The van der Waals surface area contributed by atoms with E-state index in [-0.39, 0.29) is 0 Å². The van der Waals surface area contributed by atoms with E-state index in [1.54, 1.807) is 0 Å². The first-order chi connectivity index (χ1) is 6.32. The van der Waals surface area contributed by atoms with Gasteiger partial charge in [0.1, 0.15) is 0 Å². The van der Waals surface area contributed by atoms with Crippen LogP contribution in [0.25, 0.3) is 0 Å². The second-order valence-electron chi connectivity index (χ2n) is 2.87. The molecule has 1 N–H and O–H groups in total. The van der Waals surface area contributed by atoms with Crippen molar-refractivity contribution in [2.24, 2.45) is 7.05 Å². The smallest absolute Gasteiger partial charge is 0.379 e. The number of aliphatic hydroxyl groups excluding tert-OH is 1. The average molecular weight is 207 g/mol. The Hall–Kier alpha value is -1.30. The standard InChI is InChI=1S/C8H8F3NO2/c1-12-3-2-6(13)5(4-12)7(14)8(9,10)11/h2-4,7,14H,1H3. The zero-order chi connectivity index (χ0) is 10.9. The molecule has 78 valence electrons. The lowest BCUT2D eigenvalue weighted by molar-refractivity contribution is -0.207. The van der Waals surface area contributed by atoms with Gasteiger partial charge in [-0.25, -0.2) is 0 Å². The lowest BCUT2D eigenvalue weighted by Crippen LogP contribution is -2.26.